The molecule has 20 heavy (non-hydrogen) atoms. The van der Waals surface area contributed by atoms with Crippen LogP contribution in [0, 0.1) is 12.7 Å². The van der Waals surface area contributed by atoms with Gasteiger partial charge in [0.1, 0.15) is 11.9 Å². The molecule has 1 aromatic rings. The van der Waals surface area contributed by atoms with Crippen LogP contribution in [0.2, 0.25) is 0 Å². The predicted octanol–water partition coefficient (Wildman–Crippen LogP) is 2.36. The van der Waals surface area contributed by atoms with E-state index in [0.29, 0.717) is 11.1 Å². The van der Waals surface area contributed by atoms with Crippen LogP contribution in [0.4, 0.5) is 9.18 Å². The summed E-state index contributed by atoms with van der Waals surface area (Å²) in [6.45, 7) is 5.02. The fraction of sp³-hybridized carbons (Fsp3) is 0.429. The number of nitrogens with one attached hydrogen (secondary N) is 2. The van der Waals surface area contributed by atoms with Gasteiger partial charge in [0, 0.05) is 0 Å². The van der Waals surface area contributed by atoms with Crippen LogP contribution < -0.4 is 10.6 Å². The van der Waals surface area contributed by atoms with Gasteiger partial charge < -0.3 is 15.7 Å². The summed E-state index contributed by atoms with van der Waals surface area (Å²) in [5, 5.41) is 13.8. The second-order valence-electron chi connectivity index (χ2n) is 4.65. The van der Waals surface area contributed by atoms with Crippen molar-refractivity contribution in [2.24, 2.45) is 0 Å². The van der Waals surface area contributed by atoms with Gasteiger partial charge in [0.15, 0.2) is 0 Å². The highest BCUT2D eigenvalue weighted by atomic mass is 19.1. The molecule has 3 N–H and O–H groups in total. The maximum absolute atomic E-state index is 13.4. The highest BCUT2D eigenvalue weighted by Gasteiger charge is 2.19. The van der Waals surface area contributed by atoms with Gasteiger partial charge in [-0.1, -0.05) is 19.1 Å². The van der Waals surface area contributed by atoms with Crippen molar-refractivity contribution in [3.8, 4) is 0 Å². The second kappa shape index (κ2) is 6.88. The lowest BCUT2D eigenvalue weighted by Crippen LogP contribution is -2.46. The van der Waals surface area contributed by atoms with Gasteiger partial charge in [-0.15, -0.1) is 0 Å². The van der Waals surface area contributed by atoms with Gasteiger partial charge in [0.2, 0.25) is 0 Å². The molecule has 1 unspecified atom stereocenters. The lowest BCUT2D eigenvalue weighted by Gasteiger charge is -2.18. The summed E-state index contributed by atoms with van der Waals surface area (Å²) in [5.74, 6) is -1.43. The van der Waals surface area contributed by atoms with E-state index < -0.39 is 24.1 Å². The summed E-state index contributed by atoms with van der Waals surface area (Å²) >= 11 is 0. The Kier molecular flexibility index (Phi) is 5.49. The van der Waals surface area contributed by atoms with E-state index in [1.165, 1.54) is 6.07 Å². The number of benzene rings is 1. The van der Waals surface area contributed by atoms with Gasteiger partial charge in [-0.05, 0) is 37.5 Å². The van der Waals surface area contributed by atoms with Crippen LogP contribution in [0.1, 0.15) is 37.4 Å². The summed E-state index contributed by atoms with van der Waals surface area (Å²) in [7, 11) is 0. The third kappa shape index (κ3) is 4.22. The third-order valence-corrected chi connectivity index (χ3v) is 3.06. The van der Waals surface area contributed by atoms with Crippen molar-refractivity contribution < 1.29 is 19.1 Å². The first-order valence-electron chi connectivity index (χ1n) is 6.41. The number of urea groups is 1. The van der Waals surface area contributed by atoms with Crippen LogP contribution in [0.5, 0.6) is 0 Å². The fourth-order valence-corrected chi connectivity index (χ4v) is 1.70. The number of amides is 2. The maximum atomic E-state index is 13.4. The SMILES string of the molecule is CC[C@H](NC(=O)NC(C)c1ccc(C)c(F)c1)C(=O)O. The Labute approximate surface area is 117 Å². The molecule has 2 amide bonds. The van der Waals surface area contributed by atoms with Gasteiger partial charge in [-0.25, -0.2) is 14.0 Å². The van der Waals surface area contributed by atoms with E-state index in [0.717, 1.165) is 0 Å². The molecule has 0 spiro atoms. The van der Waals surface area contributed by atoms with Crippen LogP contribution in [-0.2, 0) is 4.79 Å². The average molecular weight is 282 g/mol. The van der Waals surface area contributed by atoms with Crippen molar-refractivity contribution >= 4 is 12.0 Å². The fourth-order valence-electron chi connectivity index (χ4n) is 1.70. The van der Waals surface area contributed by atoms with E-state index in [1.54, 1.807) is 32.9 Å². The zero-order valence-electron chi connectivity index (χ0n) is 11.7. The molecule has 0 aliphatic carbocycles. The number of hydrogen-bond donors (Lipinski definition) is 3. The van der Waals surface area contributed by atoms with Crippen molar-refractivity contribution in [3.63, 3.8) is 0 Å². The van der Waals surface area contributed by atoms with Crippen LogP contribution in [0.3, 0.4) is 0 Å². The molecule has 0 saturated heterocycles. The van der Waals surface area contributed by atoms with Crippen molar-refractivity contribution in [2.45, 2.75) is 39.3 Å². The molecule has 0 heterocycles. The largest absolute Gasteiger partial charge is 0.480 e. The Hall–Kier alpha value is -2.11. The molecule has 2 atom stereocenters. The van der Waals surface area contributed by atoms with Crippen molar-refractivity contribution in [1.82, 2.24) is 10.6 Å². The van der Waals surface area contributed by atoms with Crippen molar-refractivity contribution in [1.29, 1.82) is 0 Å². The first kappa shape index (κ1) is 15.9. The van der Waals surface area contributed by atoms with E-state index in [4.69, 9.17) is 5.11 Å². The Balaban J connectivity index is 2.65. The molecule has 0 aliphatic heterocycles. The molecule has 0 saturated carbocycles. The highest BCUT2D eigenvalue weighted by molar-refractivity contribution is 5.82. The zero-order valence-corrected chi connectivity index (χ0v) is 11.7. The Morgan fingerprint density at radius 1 is 1.35 bits per heavy atom. The number of aliphatic carboxylic acids is 1. The van der Waals surface area contributed by atoms with E-state index in [2.05, 4.69) is 10.6 Å². The number of carbonyl (C=O) groups excluding carboxylic acids is 1. The molecule has 0 fully saturated rings. The van der Waals surface area contributed by atoms with Gasteiger partial charge >= 0.3 is 12.0 Å². The molecule has 0 bridgehead atoms. The van der Waals surface area contributed by atoms with Crippen LogP contribution >= 0.6 is 0 Å². The van der Waals surface area contributed by atoms with Gasteiger partial charge in [-0.2, -0.15) is 0 Å². The first-order chi connectivity index (χ1) is 9.35. The molecule has 110 valence electrons. The van der Waals surface area contributed by atoms with E-state index in [9.17, 15) is 14.0 Å². The number of carbonyl (C=O) groups is 2. The summed E-state index contributed by atoms with van der Waals surface area (Å²) in [5.41, 5.74) is 1.15. The minimum absolute atomic E-state index is 0.288. The Morgan fingerprint density at radius 2 is 2.00 bits per heavy atom. The Bertz CT molecular complexity index is 505. The van der Waals surface area contributed by atoms with E-state index >= 15 is 0 Å². The molecule has 0 aliphatic rings. The number of carboxylic acid groups (broad SMARTS) is 1. The molecule has 1 rings (SSSR count). The maximum Gasteiger partial charge on any atom is 0.326 e. The molecule has 5 nitrogen and oxygen atoms in total. The number of hydrogen-bond acceptors (Lipinski definition) is 2. The average Bonchev–Trinajstić information content (AvgIpc) is 2.38. The van der Waals surface area contributed by atoms with Gasteiger partial charge in [0.05, 0.1) is 6.04 Å². The monoisotopic (exact) mass is 282 g/mol. The predicted molar refractivity (Wildman–Crippen MR) is 72.9 cm³/mol. The number of carboxylic acids is 1. The van der Waals surface area contributed by atoms with Crippen molar-refractivity contribution in [2.75, 3.05) is 0 Å². The minimum Gasteiger partial charge on any atom is -0.480 e. The molecule has 0 aromatic heterocycles. The Morgan fingerprint density at radius 3 is 2.50 bits per heavy atom. The molecule has 1 aromatic carbocycles. The molecular formula is C14H19FN2O3. The molecule has 6 heteroatoms. The summed E-state index contributed by atoms with van der Waals surface area (Å²) in [6, 6.07) is 2.76. The summed E-state index contributed by atoms with van der Waals surface area (Å²) < 4.78 is 13.4. The summed E-state index contributed by atoms with van der Waals surface area (Å²) in [6.07, 6.45) is 0.288. The molecule has 0 radical (unpaired) electrons. The highest BCUT2D eigenvalue weighted by Crippen LogP contribution is 2.16. The standard InChI is InChI=1S/C14H19FN2O3/c1-4-12(13(18)19)17-14(20)16-9(3)10-6-5-8(2)11(15)7-10/h5-7,9,12H,4H2,1-3H3,(H,18,19)(H2,16,17,20)/t9?,12-/m0/s1. The quantitative estimate of drug-likeness (QED) is 0.775. The van der Waals surface area contributed by atoms with Crippen molar-refractivity contribution in [3.05, 3.63) is 35.1 Å². The van der Waals surface area contributed by atoms with Crippen LogP contribution in [0.15, 0.2) is 18.2 Å². The van der Waals surface area contributed by atoms with E-state index in [1.807, 2.05) is 0 Å². The lowest BCUT2D eigenvalue weighted by molar-refractivity contribution is -0.139. The van der Waals surface area contributed by atoms with Gasteiger partial charge in [0.25, 0.3) is 0 Å². The van der Waals surface area contributed by atoms with Gasteiger partial charge in [-0.3, -0.25) is 0 Å². The number of aryl methyl sites for hydroxylation is 1. The smallest absolute Gasteiger partial charge is 0.326 e. The number of rotatable bonds is 5. The van der Waals surface area contributed by atoms with E-state index in [-0.39, 0.29) is 12.2 Å². The first-order valence-corrected chi connectivity index (χ1v) is 6.41. The third-order valence-electron chi connectivity index (χ3n) is 3.06. The lowest BCUT2D eigenvalue weighted by atomic mass is 10.1. The van der Waals surface area contributed by atoms with Crippen LogP contribution in [0.25, 0.3) is 0 Å². The zero-order chi connectivity index (χ0) is 15.3. The summed E-state index contributed by atoms with van der Waals surface area (Å²) in [4.78, 5) is 22.5. The molecular weight excluding hydrogens is 263 g/mol. The minimum atomic E-state index is -1.09. The normalized spacial score (nSPS) is 13.4. The topological polar surface area (TPSA) is 78.4 Å². The second-order valence-corrected chi connectivity index (χ2v) is 4.65. The number of halogens is 1. The van der Waals surface area contributed by atoms with Crippen LogP contribution in [-0.4, -0.2) is 23.1 Å².